The standard InChI is InChI=1S/C21H24N8O2/c1-27(2)9-10-31-18-5-3-17(4-6-18)24-20(30)14-28-13-16(12-23-28)15-7-8-29-19(11-15)25-21(22)26-29/h3-8,11-13H,9-10,14H2,1-2H3,(H2,22,26)(H,24,30). The van der Waals surface area contributed by atoms with Crippen molar-refractivity contribution in [2.75, 3.05) is 38.3 Å². The van der Waals surface area contributed by atoms with E-state index in [2.05, 4.69) is 25.4 Å². The van der Waals surface area contributed by atoms with Crippen molar-refractivity contribution in [3.8, 4) is 16.9 Å². The van der Waals surface area contributed by atoms with Crippen LogP contribution >= 0.6 is 0 Å². The number of fused-ring (bicyclic) bond motifs is 1. The zero-order valence-electron chi connectivity index (χ0n) is 17.4. The van der Waals surface area contributed by atoms with Crippen molar-refractivity contribution in [1.29, 1.82) is 0 Å². The summed E-state index contributed by atoms with van der Waals surface area (Å²) in [5.74, 6) is 0.817. The Morgan fingerprint density at radius 3 is 2.77 bits per heavy atom. The Kier molecular flexibility index (Phi) is 5.80. The summed E-state index contributed by atoms with van der Waals surface area (Å²) in [6, 6.07) is 11.1. The molecule has 0 saturated heterocycles. The van der Waals surface area contributed by atoms with Gasteiger partial charge in [0.1, 0.15) is 18.9 Å². The fourth-order valence-electron chi connectivity index (χ4n) is 3.01. The molecule has 4 aromatic rings. The summed E-state index contributed by atoms with van der Waals surface area (Å²) in [4.78, 5) is 18.6. The van der Waals surface area contributed by atoms with Crippen molar-refractivity contribution < 1.29 is 9.53 Å². The Morgan fingerprint density at radius 2 is 2.00 bits per heavy atom. The summed E-state index contributed by atoms with van der Waals surface area (Å²) < 4.78 is 8.86. The van der Waals surface area contributed by atoms with E-state index < -0.39 is 0 Å². The number of ether oxygens (including phenoxy) is 1. The van der Waals surface area contributed by atoms with Crippen molar-refractivity contribution in [3.05, 3.63) is 55.0 Å². The van der Waals surface area contributed by atoms with Crippen LogP contribution in [-0.4, -0.2) is 62.4 Å². The Bertz CT molecular complexity index is 1180. The number of hydrogen-bond acceptors (Lipinski definition) is 7. The molecule has 0 aliphatic heterocycles. The van der Waals surface area contributed by atoms with Crippen LogP contribution in [0.1, 0.15) is 0 Å². The number of nitrogens with zero attached hydrogens (tertiary/aromatic N) is 6. The summed E-state index contributed by atoms with van der Waals surface area (Å²) in [6.07, 6.45) is 5.30. The fourth-order valence-corrected chi connectivity index (χ4v) is 3.01. The first kappa shape index (κ1) is 20.4. The zero-order chi connectivity index (χ0) is 21.8. The number of carbonyl (C=O) groups excluding carboxylic acids is 1. The number of likely N-dealkylation sites (N-methyl/N-ethyl adjacent to an activating group) is 1. The van der Waals surface area contributed by atoms with Gasteiger partial charge in [-0.1, -0.05) is 0 Å². The molecule has 0 atom stereocenters. The molecule has 160 valence electrons. The monoisotopic (exact) mass is 420 g/mol. The van der Waals surface area contributed by atoms with Gasteiger partial charge in [-0.25, -0.2) is 4.52 Å². The first-order valence-electron chi connectivity index (χ1n) is 9.78. The van der Waals surface area contributed by atoms with Crippen LogP contribution < -0.4 is 15.8 Å². The predicted octanol–water partition coefficient (Wildman–Crippen LogP) is 1.75. The highest BCUT2D eigenvalue weighted by Gasteiger charge is 2.09. The molecule has 31 heavy (non-hydrogen) atoms. The van der Waals surface area contributed by atoms with Gasteiger partial charge in [0, 0.05) is 30.2 Å². The van der Waals surface area contributed by atoms with Gasteiger partial charge in [0.2, 0.25) is 11.9 Å². The van der Waals surface area contributed by atoms with E-state index in [0.29, 0.717) is 17.9 Å². The molecule has 3 N–H and O–H groups in total. The molecule has 1 aromatic carbocycles. The fraction of sp³-hybridized carbons (Fsp3) is 0.238. The molecule has 1 amide bonds. The lowest BCUT2D eigenvalue weighted by molar-refractivity contribution is -0.116. The molecule has 0 bridgehead atoms. The third-order valence-electron chi connectivity index (χ3n) is 4.57. The van der Waals surface area contributed by atoms with Crippen LogP contribution in [0.5, 0.6) is 5.75 Å². The SMILES string of the molecule is CN(C)CCOc1ccc(NC(=O)Cn2cc(-c3ccn4nc(N)nc4c3)cn2)cc1. The minimum atomic E-state index is -0.170. The first-order chi connectivity index (χ1) is 15.0. The maximum Gasteiger partial charge on any atom is 0.246 e. The van der Waals surface area contributed by atoms with Gasteiger partial charge in [0.05, 0.1) is 6.20 Å². The highest BCUT2D eigenvalue weighted by atomic mass is 16.5. The number of nitrogen functional groups attached to an aromatic ring is 1. The number of hydrogen-bond donors (Lipinski definition) is 2. The average molecular weight is 420 g/mol. The molecule has 0 spiro atoms. The summed E-state index contributed by atoms with van der Waals surface area (Å²) in [5.41, 5.74) is 8.76. The number of anilines is 2. The number of carbonyl (C=O) groups is 1. The third-order valence-corrected chi connectivity index (χ3v) is 4.57. The largest absolute Gasteiger partial charge is 0.492 e. The predicted molar refractivity (Wildman–Crippen MR) is 118 cm³/mol. The van der Waals surface area contributed by atoms with Crippen molar-refractivity contribution in [1.82, 2.24) is 29.3 Å². The highest BCUT2D eigenvalue weighted by molar-refractivity contribution is 5.90. The van der Waals surface area contributed by atoms with E-state index in [1.807, 2.05) is 56.7 Å². The maximum atomic E-state index is 12.4. The highest BCUT2D eigenvalue weighted by Crippen LogP contribution is 2.20. The lowest BCUT2D eigenvalue weighted by Crippen LogP contribution is -2.19. The minimum Gasteiger partial charge on any atom is -0.492 e. The summed E-state index contributed by atoms with van der Waals surface area (Å²) in [7, 11) is 3.99. The van der Waals surface area contributed by atoms with Gasteiger partial charge in [0.15, 0.2) is 5.65 Å². The Labute approximate surface area is 179 Å². The van der Waals surface area contributed by atoms with E-state index >= 15 is 0 Å². The lowest BCUT2D eigenvalue weighted by atomic mass is 10.1. The number of pyridine rings is 1. The summed E-state index contributed by atoms with van der Waals surface area (Å²) in [5, 5.41) is 11.2. The topological polar surface area (TPSA) is 116 Å². The number of benzene rings is 1. The smallest absolute Gasteiger partial charge is 0.246 e. The molecule has 3 aromatic heterocycles. The molecular formula is C21H24N8O2. The molecule has 0 fully saturated rings. The summed E-state index contributed by atoms with van der Waals surface area (Å²) in [6.45, 7) is 1.55. The average Bonchev–Trinajstić information content (AvgIpc) is 3.33. The van der Waals surface area contributed by atoms with E-state index in [-0.39, 0.29) is 18.4 Å². The number of nitrogens with two attached hydrogens (primary N) is 1. The molecule has 0 radical (unpaired) electrons. The third kappa shape index (κ3) is 5.17. The molecule has 0 aliphatic rings. The van der Waals surface area contributed by atoms with Crippen molar-refractivity contribution in [3.63, 3.8) is 0 Å². The minimum absolute atomic E-state index is 0.0984. The van der Waals surface area contributed by atoms with Crippen LogP contribution in [0.15, 0.2) is 55.0 Å². The lowest BCUT2D eigenvalue weighted by Gasteiger charge is -2.11. The van der Waals surface area contributed by atoms with Crippen LogP contribution in [0.4, 0.5) is 11.6 Å². The molecule has 0 aliphatic carbocycles. The van der Waals surface area contributed by atoms with Gasteiger partial charge in [-0.15, -0.1) is 5.10 Å². The second-order valence-corrected chi connectivity index (χ2v) is 7.34. The van der Waals surface area contributed by atoms with Gasteiger partial charge in [-0.2, -0.15) is 10.1 Å². The molecule has 0 saturated carbocycles. The van der Waals surface area contributed by atoms with Gasteiger partial charge in [-0.05, 0) is 56.1 Å². The van der Waals surface area contributed by atoms with Crippen LogP contribution in [0, 0.1) is 0 Å². The maximum absolute atomic E-state index is 12.4. The van der Waals surface area contributed by atoms with Gasteiger partial charge in [0.25, 0.3) is 0 Å². The second-order valence-electron chi connectivity index (χ2n) is 7.34. The van der Waals surface area contributed by atoms with Gasteiger partial charge >= 0.3 is 0 Å². The van der Waals surface area contributed by atoms with E-state index in [9.17, 15) is 4.79 Å². The molecule has 3 heterocycles. The molecule has 10 nitrogen and oxygen atoms in total. The number of nitrogens with one attached hydrogen (secondary N) is 1. The van der Waals surface area contributed by atoms with Gasteiger partial charge in [-0.3, -0.25) is 9.48 Å². The Balaban J connectivity index is 1.34. The van der Waals surface area contributed by atoms with E-state index in [1.54, 1.807) is 21.6 Å². The molecule has 4 rings (SSSR count). The number of rotatable bonds is 8. The zero-order valence-corrected chi connectivity index (χ0v) is 17.4. The van der Waals surface area contributed by atoms with Gasteiger partial charge < -0.3 is 20.7 Å². The van der Waals surface area contributed by atoms with E-state index in [1.165, 1.54) is 0 Å². The van der Waals surface area contributed by atoms with E-state index in [0.717, 1.165) is 23.4 Å². The second kappa shape index (κ2) is 8.84. The van der Waals surface area contributed by atoms with Crippen LogP contribution in [-0.2, 0) is 11.3 Å². The Morgan fingerprint density at radius 1 is 1.19 bits per heavy atom. The van der Waals surface area contributed by atoms with E-state index in [4.69, 9.17) is 10.5 Å². The van der Waals surface area contributed by atoms with Crippen LogP contribution in [0.2, 0.25) is 0 Å². The number of amides is 1. The number of aromatic nitrogens is 5. The van der Waals surface area contributed by atoms with Crippen molar-refractivity contribution >= 4 is 23.2 Å². The molecular weight excluding hydrogens is 396 g/mol. The van der Waals surface area contributed by atoms with Crippen LogP contribution in [0.25, 0.3) is 16.8 Å². The quantitative estimate of drug-likeness (QED) is 0.446. The summed E-state index contributed by atoms with van der Waals surface area (Å²) >= 11 is 0. The normalized spacial score (nSPS) is 11.2. The van der Waals surface area contributed by atoms with Crippen LogP contribution in [0.3, 0.4) is 0 Å². The van der Waals surface area contributed by atoms with Crippen molar-refractivity contribution in [2.24, 2.45) is 0 Å². The Hall–Kier alpha value is -3.92. The molecule has 10 heteroatoms. The molecule has 0 unspecified atom stereocenters. The van der Waals surface area contributed by atoms with Crippen molar-refractivity contribution in [2.45, 2.75) is 6.54 Å². The first-order valence-corrected chi connectivity index (χ1v) is 9.78.